The average Bonchev–Trinajstić information content (AvgIpc) is 2.25. The third-order valence-electron chi connectivity index (χ3n) is 1.78. The number of nitrogens with zero attached hydrogens (tertiary/aromatic N) is 2. The Morgan fingerprint density at radius 1 is 1.56 bits per heavy atom. The predicted molar refractivity (Wildman–Crippen MR) is 56.8 cm³/mol. The van der Waals surface area contributed by atoms with Crippen LogP contribution in [-0.2, 0) is 5.33 Å². The minimum absolute atomic E-state index is 0.0629. The minimum atomic E-state index is -5.00. The van der Waals surface area contributed by atoms with Gasteiger partial charge in [0.05, 0.1) is 18.7 Å². The fraction of sp³-hybridized carbons (Fsp3) is 0.375. The smallest absolute Gasteiger partial charge is 0.496 e. The fourth-order valence-corrected chi connectivity index (χ4v) is 1.62. The summed E-state index contributed by atoms with van der Waals surface area (Å²) in [5.74, 6) is -1.82. The quantitative estimate of drug-likeness (QED) is 0.482. The van der Waals surface area contributed by atoms with Crippen LogP contribution in [0.15, 0.2) is 6.07 Å². The van der Waals surface area contributed by atoms with Gasteiger partial charge < -0.3 is 19.6 Å². The zero-order chi connectivity index (χ0) is 13.9. The van der Waals surface area contributed by atoms with Crippen LogP contribution < -0.4 is 9.47 Å². The van der Waals surface area contributed by atoms with Crippen molar-refractivity contribution in [2.75, 3.05) is 7.11 Å². The molecule has 1 rings (SSSR count). The zero-order valence-electron chi connectivity index (χ0n) is 8.82. The van der Waals surface area contributed by atoms with Gasteiger partial charge in [-0.2, -0.15) is 0 Å². The molecule has 100 valence electrons. The first-order valence-corrected chi connectivity index (χ1v) is 5.44. The minimum Gasteiger partial charge on any atom is -0.496 e. The van der Waals surface area contributed by atoms with E-state index >= 15 is 0 Å². The summed E-state index contributed by atoms with van der Waals surface area (Å²) in [6.07, 6.45) is -5.00. The number of methoxy groups -OCH3 is 1. The Morgan fingerprint density at radius 3 is 2.56 bits per heavy atom. The first-order chi connectivity index (χ1) is 8.28. The molecule has 18 heavy (non-hydrogen) atoms. The van der Waals surface area contributed by atoms with Crippen molar-refractivity contribution in [3.05, 3.63) is 21.7 Å². The van der Waals surface area contributed by atoms with Gasteiger partial charge in [-0.15, -0.1) is 13.2 Å². The molecule has 0 fully saturated rings. The number of ether oxygens (including phenoxy) is 2. The fourth-order valence-electron chi connectivity index (χ4n) is 1.11. The van der Waals surface area contributed by atoms with Gasteiger partial charge >= 0.3 is 18.1 Å². The Kier molecular flexibility index (Phi) is 4.33. The second-order valence-corrected chi connectivity index (χ2v) is 3.47. The summed E-state index contributed by atoms with van der Waals surface area (Å²) in [4.78, 5) is 12.8. The molecular weight excluding hydrogens is 325 g/mol. The van der Waals surface area contributed by atoms with Crippen LogP contribution in [0, 0.1) is 10.1 Å². The molecule has 0 aliphatic carbocycles. The van der Waals surface area contributed by atoms with E-state index in [1.807, 2.05) is 0 Å². The number of nitro groups is 1. The van der Waals surface area contributed by atoms with E-state index in [0.717, 1.165) is 6.07 Å². The molecule has 6 nitrogen and oxygen atoms in total. The van der Waals surface area contributed by atoms with Gasteiger partial charge in [0.25, 0.3) is 0 Å². The second-order valence-electron chi connectivity index (χ2n) is 2.90. The summed E-state index contributed by atoms with van der Waals surface area (Å²) in [5.41, 5.74) is -0.0691. The van der Waals surface area contributed by atoms with Crippen LogP contribution in [0.1, 0.15) is 5.56 Å². The van der Waals surface area contributed by atoms with Crippen LogP contribution in [0.3, 0.4) is 0 Å². The molecule has 10 heteroatoms. The van der Waals surface area contributed by atoms with Crippen LogP contribution >= 0.6 is 15.9 Å². The lowest BCUT2D eigenvalue weighted by Crippen LogP contribution is -2.19. The van der Waals surface area contributed by atoms with Gasteiger partial charge in [-0.05, 0) is 4.92 Å². The van der Waals surface area contributed by atoms with E-state index in [1.165, 1.54) is 7.11 Å². The Bertz CT molecular complexity index is 466. The highest BCUT2D eigenvalue weighted by Gasteiger charge is 2.36. The second kappa shape index (κ2) is 5.38. The molecule has 1 aromatic heterocycles. The van der Waals surface area contributed by atoms with E-state index in [1.54, 1.807) is 0 Å². The van der Waals surface area contributed by atoms with E-state index in [4.69, 9.17) is 4.74 Å². The molecule has 0 aliphatic heterocycles. The van der Waals surface area contributed by atoms with Gasteiger partial charge in [0.1, 0.15) is 5.75 Å². The van der Waals surface area contributed by atoms with E-state index in [0.29, 0.717) is 0 Å². The lowest BCUT2D eigenvalue weighted by Gasteiger charge is -2.10. The molecule has 0 spiro atoms. The van der Waals surface area contributed by atoms with Crippen LogP contribution in [0.4, 0.5) is 19.0 Å². The zero-order valence-corrected chi connectivity index (χ0v) is 10.4. The predicted octanol–water partition coefficient (Wildman–Crippen LogP) is 2.79. The molecule has 0 radical (unpaired) electrons. The number of aromatic nitrogens is 1. The number of halogens is 4. The largest absolute Gasteiger partial charge is 0.575 e. The van der Waals surface area contributed by atoms with Crippen molar-refractivity contribution >= 4 is 21.7 Å². The molecule has 0 unspecified atom stereocenters. The van der Waals surface area contributed by atoms with Crippen LogP contribution in [0.5, 0.6) is 11.6 Å². The Balaban J connectivity index is 3.35. The SMILES string of the molecule is COc1cc([N+](=O)[O-])nc(OC(F)(F)F)c1CBr. The van der Waals surface area contributed by atoms with Crippen molar-refractivity contribution in [2.24, 2.45) is 0 Å². The van der Waals surface area contributed by atoms with Gasteiger partial charge in [0.15, 0.2) is 0 Å². The van der Waals surface area contributed by atoms with E-state index in [9.17, 15) is 23.3 Å². The van der Waals surface area contributed by atoms with Crippen molar-refractivity contribution in [3.63, 3.8) is 0 Å². The highest BCUT2D eigenvalue weighted by Crippen LogP contribution is 2.35. The standard InChI is InChI=1S/C8H6BrF3N2O4/c1-17-5-2-6(14(15)16)13-7(4(5)3-9)18-8(10,11)12/h2H,3H2,1H3. The summed E-state index contributed by atoms with van der Waals surface area (Å²) in [6, 6.07) is 0.916. The topological polar surface area (TPSA) is 74.5 Å². The highest BCUT2D eigenvalue weighted by molar-refractivity contribution is 9.08. The molecule has 0 aliphatic rings. The number of alkyl halides is 4. The van der Waals surface area contributed by atoms with Crippen LogP contribution in [0.25, 0.3) is 0 Å². The van der Waals surface area contributed by atoms with Gasteiger partial charge in [0, 0.05) is 10.3 Å². The van der Waals surface area contributed by atoms with E-state index in [2.05, 4.69) is 25.7 Å². The van der Waals surface area contributed by atoms with Crippen molar-refractivity contribution in [3.8, 4) is 11.6 Å². The monoisotopic (exact) mass is 330 g/mol. The maximum atomic E-state index is 12.1. The van der Waals surface area contributed by atoms with Crippen molar-refractivity contribution < 1.29 is 27.6 Å². The molecule has 0 bridgehead atoms. The summed E-state index contributed by atoms with van der Waals surface area (Å²) in [6.45, 7) is 0. The third kappa shape index (κ3) is 3.45. The van der Waals surface area contributed by atoms with Gasteiger partial charge in [-0.3, -0.25) is 0 Å². The Labute approximate surface area is 107 Å². The Hall–Kier alpha value is -1.58. The maximum Gasteiger partial charge on any atom is 0.575 e. The molecule has 0 N–H and O–H groups in total. The van der Waals surface area contributed by atoms with E-state index < -0.39 is 23.0 Å². The lowest BCUT2D eigenvalue weighted by molar-refractivity contribution is -0.390. The van der Waals surface area contributed by atoms with Gasteiger partial charge in [-0.25, -0.2) is 0 Å². The number of rotatable bonds is 4. The molecular formula is C8H6BrF3N2O4. The van der Waals surface area contributed by atoms with Crippen LogP contribution in [-0.4, -0.2) is 23.4 Å². The normalized spacial score (nSPS) is 11.2. The average molecular weight is 331 g/mol. The summed E-state index contributed by atoms with van der Waals surface area (Å²) in [5, 5.41) is 10.5. The van der Waals surface area contributed by atoms with E-state index in [-0.39, 0.29) is 16.6 Å². The summed E-state index contributed by atoms with van der Waals surface area (Å²) >= 11 is 2.93. The molecule has 0 atom stereocenters. The molecule has 0 aromatic carbocycles. The summed E-state index contributed by atoms with van der Waals surface area (Å²) in [7, 11) is 1.17. The third-order valence-corrected chi connectivity index (χ3v) is 2.35. The highest BCUT2D eigenvalue weighted by atomic mass is 79.9. The number of hydrogen-bond donors (Lipinski definition) is 0. The lowest BCUT2D eigenvalue weighted by atomic mass is 10.2. The van der Waals surface area contributed by atoms with Crippen molar-refractivity contribution in [1.82, 2.24) is 4.98 Å². The number of hydrogen-bond acceptors (Lipinski definition) is 5. The van der Waals surface area contributed by atoms with Crippen molar-refractivity contribution in [1.29, 1.82) is 0 Å². The first-order valence-electron chi connectivity index (χ1n) is 4.32. The van der Waals surface area contributed by atoms with Crippen LogP contribution in [0.2, 0.25) is 0 Å². The first kappa shape index (κ1) is 14.5. The molecule has 1 aromatic rings. The van der Waals surface area contributed by atoms with Gasteiger partial charge in [-0.1, -0.05) is 15.9 Å². The Morgan fingerprint density at radius 2 is 2.17 bits per heavy atom. The molecule has 0 saturated heterocycles. The molecule has 1 heterocycles. The summed E-state index contributed by atoms with van der Waals surface area (Å²) < 4.78 is 44.8. The maximum absolute atomic E-state index is 12.1. The molecule has 0 amide bonds. The van der Waals surface area contributed by atoms with Crippen molar-refractivity contribution in [2.45, 2.75) is 11.7 Å². The molecule has 0 saturated carbocycles. The van der Waals surface area contributed by atoms with Gasteiger partial charge in [0.2, 0.25) is 0 Å². The number of pyridine rings is 1.